The van der Waals surface area contributed by atoms with E-state index in [0.29, 0.717) is 11.3 Å². The number of hydrogen-bond acceptors (Lipinski definition) is 3. The van der Waals surface area contributed by atoms with E-state index in [4.69, 9.17) is 9.84 Å². The number of halogens is 1. The normalized spacial score (nSPS) is 9.94. The molecule has 0 spiro atoms. The van der Waals surface area contributed by atoms with Crippen molar-refractivity contribution < 1.29 is 19.4 Å². The average molecular weight is 316 g/mol. The van der Waals surface area contributed by atoms with E-state index in [1.807, 2.05) is 6.07 Å². The fraction of sp³-hybridized carbons (Fsp3) is 0.333. The van der Waals surface area contributed by atoms with Crippen molar-refractivity contribution in [2.24, 2.45) is 0 Å². The summed E-state index contributed by atoms with van der Waals surface area (Å²) >= 11 is 3.32. The summed E-state index contributed by atoms with van der Waals surface area (Å²) in [6, 6.07) is 5.35. The second-order valence-corrected chi connectivity index (χ2v) is 4.69. The van der Waals surface area contributed by atoms with E-state index in [1.165, 1.54) is 19.1 Å². The maximum atomic E-state index is 11.8. The number of aliphatic carboxylic acids is 1. The molecule has 0 saturated heterocycles. The summed E-state index contributed by atoms with van der Waals surface area (Å²) < 4.78 is 5.99. The number of hydrogen-bond donors (Lipinski definition) is 1. The highest BCUT2D eigenvalue weighted by atomic mass is 79.9. The molecule has 0 aromatic heterocycles. The van der Waals surface area contributed by atoms with E-state index in [2.05, 4.69) is 15.9 Å². The van der Waals surface area contributed by atoms with Crippen molar-refractivity contribution in [2.45, 2.75) is 6.42 Å². The van der Waals surface area contributed by atoms with Gasteiger partial charge in [0.25, 0.3) is 0 Å². The van der Waals surface area contributed by atoms with Gasteiger partial charge in [0, 0.05) is 17.1 Å². The molecule has 1 aromatic rings. The summed E-state index contributed by atoms with van der Waals surface area (Å²) in [5, 5.41) is 8.62. The molecular formula is C12H14BrNO4. The molecule has 18 heavy (non-hydrogen) atoms. The van der Waals surface area contributed by atoms with Crippen molar-refractivity contribution in [1.29, 1.82) is 0 Å². The lowest BCUT2D eigenvalue weighted by Crippen LogP contribution is -2.33. The summed E-state index contributed by atoms with van der Waals surface area (Å²) in [5.74, 6) is -0.698. The number of carboxylic acids is 1. The predicted octanol–water partition coefficient (Wildman–Crippen LogP) is 1.54. The van der Waals surface area contributed by atoms with Crippen LogP contribution < -0.4 is 4.74 Å². The van der Waals surface area contributed by atoms with Gasteiger partial charge < -0.3 is 14.7 Å². The molecule has 1 rings (SSSR count). The highest BCUT2D eigenvalue weighted by molar-refractivity contribution is 9.10. The zero-order valence-electron chi connectivity index (χ0n) is 10.1. The Bertz CT molecular complexity index is 461. The number of nitrogens with zero attached hydrogens (tertiary/aromatic N) is 1. The zero-order chi connectivity index (χ0) is 13.7. The lowest BCUT2D eigenvalue weighted by atomic mass is 10.1. The molecule has 0 heterocycles. The smallest absolute Gasteiger partial charge is 0.323 e. The molecule has 0 fully saturated rings. The summed E-state index contributed by atoms with van der Waals surface area (Å²) in [5.41, 5.74) is 0.717. The van der Waals surface area contributed by atoms with Gasteiger partial charge in [-0.15, -0.1) is 0 Å². The van der Waals surface area contributed by atoms with Crippen LogP contribution in [0.5, 0.6) is 5.75 Å². The van der Waals surface area contributed by atoms with Gasteiger partial charge in [-0.05, 0) is 18.2 Å². The first-order valence-corrected chi connectivity index (χ1v) is 6.01. The number of methoxy groups -OCH3 is 1. The third kappa shape index (κ3) is 4.03. The van der Waals surface area contributed by atoms with E-state index in [0.717, 1.165) is 4.47 Å². The van der Waals surface area contributed by atoms with Crippen LogP contribution in [-0.4, -0.2) is 42.6 Å². The third-order valence-corrected chi connectivity index (χ3v) is 2.88. The molecule has 0 saturated carbocycles. The minimum atomic E-state index is -1.04. The van der Waals surface area contributed by atoms with Gasteiger partial charge in [0.05, 0.1) is 13.5 Å². The lowest BCUT2D eigenvalue weighted by molar-refractivity contribution is -0.143. The summed E-state index contributed by atoms with van der Waals surface area (Å²) in [6.45, 7) is -0.310. The second-order valence-electron chi connectivity index (χ2n) is 3.78. The third-order valence-electron chi connectivity index (χ3n) is 2.38. The highest BCUT2D eigenvalue weighted by Gasteiger charge is 2.15. The Morgan fingerprint density at radius 3 is 2.67 bits per heavy atom. The Labute approximate surface area is 113 Å². The van der Waals surface area contributed by atoms with Crippen LogP contribution in [0.1, 0.15) is 5.56 Å². The number of ether oxygens (including phenoxy) is 1. The largest absolute Gasteiger partial charge is 0.496 e. The van der Waals surface area contributed by atoms with Crippen LogP contribution in [0.2, 0.25) is 0 Å². The van der Waals surface area contributed by atoms with Crippen LogP contribution in [0.4, 0.5) is 0 Å². The minimum absolute atomic E-state index is 0.104. The maximum Gasteiger partial charge on any atom is 0.323 e. The van der Waals surface area contributed by atoms with Crippen molar-refractivity contribution >= 4 is 27.8 Å². The molecule has 1 aromatic carbocycles. The Morgan fingerprint density at radius 2 is 2.11 bits per heavy atom. The number of carbonyl (C=O) groups excluding carboxylic acids is 1. The first-order valence-electron chi connectivity index (χ1n) is 5.22. The van der Waals surface area contributed by atoms with Crippen LogP contribution in [0.15, 0.2) is 22.7 Å². The molecule has 6 heteroatoms. The molecule has 5 nitrogen and oxygen atoms in total. The highest BCUT2D eigenvalue weighted by Crippen LogP contribution is 2.23. The van der Waals surface area contributed by atoms with Crippen LogP contribution >= 0.6 is 15.9 Å². The predicted molar refractivity (Wildman–Crippen MR) is 69.7 cm³/mol. The van der Waals surface area contributed by atoms with Crippen LogP contribution in [0, 0.1) is 0 Å². The molecule has 0 bridgehead atoms. The monoisotopic (exact) mass is 315 g/mol. The van der Waals surface area contributed by atoms with Crippen LogP contribution in [0.3, 0.4) is 0 Å². The summed E-state index contributed by atoms with van der Waals surface area (Å²) in [7, 11) is 2.99. The molecule has 0 atom stereocenters. The summed E-state index contributed by atoms with van der Waals surface area (Å²) in [4.78, 5) is 23.5. The van der Waals surface area contributed by atoms with Gasteiger partial charge in [0.1, 0.15) is 12.3 Å². The lowest BCUT2D eigenvalue weighted by Gasteiger charge is -2.15. The van der Waals surface area contributed by atoms with E-state index < -0.39 is 5.97 Å². The van der Waals surface area contributed by atoms with Gasteiger partial charge >= 0.3 is 5.97 Å². The van der Waals surface area contributed by atoms with Gasteiger partial charge in [-0.25, -0.2) is 0 Å². The molecule has 0 unspecified atom stereocenters. The fourth-order valence-electron chi connectivity index (χ4n) is 1.47. The van der Waals surface area contributed by atoms with Crippen molar-refractivity contribution in [2.75, 3.05) is 20.7 Å². The van der Waals surface area contributed by atoms with Gasteiger partial charge in [0.15, 0.2) is 0 Å². The number of benzene rings is 1. The zero-order valence-corrected chi connectivity index (χ0v) is 11.7. The van der Waals surface area contributed by atoms with Crippen LogP contribution in [0.25, 0.3) is 0 Å². The topological polar surface area (TPSA) is 66.8 Å². The molecule has 0 radical (unpaired) electrons. The second kappa shape index (κ2) is 6.39. The Kier molecular flexibility index (Phi) is 5.15. The molecule has 0 aliphatic rings. The molecule has 0 aliphatic carbocycles. The van der Waals surface area contributed by atoms with E-state index >= 15 is 0 Å². The quantitative estimate of drug-likeness (QED) is 0.895. The Hall–Kier alpha value is -1.56. The van der Waals surface area contributed by atoms with E-state index in [9.17, 15) is 9.59 Å². The number of rotatable bonds is 5. The van der Waals surface area contributed by atoms with E-state index in [-0.39, 0.29) is 18.9 Å². The van der Waals surface area contributed by atoms with Crippen LogP contribution in [-0.2, 0) is 16.0 Å². The number of carbonyl (C=O) groups is 2. The molecule has 1 N–H and O–H groups in total. The number of amides is 1. The van der Waals surface area contributed by atoms with Gasteiger partial charge in [-0.1, -0.05) is 15.9 Å². The van der Waals surface area contributed by atoms with Gasteiger partial charge in [0.2, 0.25) is 5.91 Å². The first kappa shape index (κ1) is 14.5. The molecule has 0 aliphatic heterocycles. The summed E-state index contributed by atoms with van der Waals surface area (Å²) in [6.07, 6.45) is 0.104. The molecule has 98 valence electrons. The SMILES string of the molecule is COc1ccc(Br)cc1CC(=O)N(C)CC(=O)O. The van der Waals surface area contributed by atoms with Crippen molar-refractivity contribution in [3.63, 3.8) is 0 Å². The van der Waals surface area contributed by atoms with Crippen molar-refractivity contribution in [1.82, 2.24) is 4.90 Å². The Balaban J connectivity index is 2.80. The maximum absolute atomic E-state index is 11.8. The standard InChI is InChI=1S/C12H14BrNO4/c1-14(7-12(16)17)11(15)6-8-5-9(13)3-4-10(8)18-2/h3-5H,6-7H2,1-2H3,(H,16,17). The van der Waals surface area contributed by atoms with Crippen molar-refractivity contribution in [3.8, 4) is 5.75 Å². The fourth-order valence-corrected chi connectivity index (χ4v) is 1.88. The molecule has 1 amide bonds. The minimum Gasteiger partial charge on any atom is -0.496 e. The van der Waals surface area contributed by atoms with Gasteiger partial charge in [-0.3, -0.25) is 9.59 Å². The van der Waals surface area contributed by atoms with Gasteiger partial charge in [-0.2, -0.15) is 0 Å². The van der Waals surface area contributed by atoms with Crippen molar-refractivity contribution in [3.05, 3.63) is 28.2 Å². The first-order chi connectivity index (χ1) is 8.43. The number of likely N-dealkylation sites (N-methyl/N-ethyl adjacent to an activating group) is 1. The number of carboxylic acid groups (broad SMARTS) is 1. The molecular weight excluding hydrogens is 302 g/mol. The average Bonchev–Trinajstić information content (AvgIpc) is 2.28. The Morgan fingerprint density at radius 1 is 1.44 bits per heavy atom. The van der Waals surface area contributed by atoms with E-state index in [1.54, 1.807) is 12.1 Å².